The van der Waals surface area contributed by atoms with Gasteiger partial charge in [0, 0.05) is 17.9 Å². The minimum atomic E-state index is -0.375. The smallest absolute Gasteiger partial charge is 0.311 e. The molecule has 0 bridgehead atoms. The molecule has 0 N–H and O–H groups in total. The topological polar surface area (TPSA) is 52.6 Å². The standard InChI is InChI=1S/C19H27ClO4/c1-3-5-6-10-16(4-2)23-18(21)12-8-13-19(22)24-17-11-7-9-15(20)14-17/h7,9,11,14,16H,3-6,8,10,12-13H2,1-2H3. The van der Waals surface area contributed by atoms with Crippen LogP contribution in [-0.4, -0.2) is 18.0 Å². The maximum atomic E-state index is 11.8. The van der Waals surface area contributed by atoms with E-state index in [4.69, 9.17) is 21.1 Å². The van der Waals surface area contributed by atoms with Crippen molar-refractivity contribution in [2.45, 2.75) is 71.3 Å². The first-order valence-corrected chi connectivity index (χ1v) is 9.08. The number of carbonyl (C=O) groups excluding carboxylic acids is 2. The monoisotopic (exact) mass is 354 g/mol. The van der Waals surface area contributed by atoms with Crippen molar-refractivity contribution in [1.29, 1.82) is 0 Å². The highest BCUT2D eigenvalue weighted by molar-refractivity contribution is 6.30. The number of esters is 2. The van der Waals surface area contributed by atoms with E-state index in [0.717, 1.165) is 32.1 Å². The maximum Gasteiger partial charge on any atom is 0.311 e. The summed E-state index contributed by atoms with van der Waals surface area (Å²) in [6.07, 6.45) is 5.94. The van der Waals surface area contributed by atoms with Gasteiger partial charge >= 0.3 is 11.9 Å². The first-order valence-electron chi connectivity index (χ1n) is 8.70. The lowest BCUT2D eigenvalue weighted by Gasteiger charge is -2.15. The average Bonchev–Trinajstić information content (AvgIpc) is 2.54. The lowest BCUT2D eigenvalue weighted by atomic mass is 10.1. The Balaban J connectivity index is 2.23. The van der Waals surface area contributed by atoms with E-state index in [1.807, 2.05) is 6.92 Å². The summed E-state index contributed by atoms with van der Waals surface area (Å²) in [6, 6.07) is 6.67. The number of ether oxygens (including phenoxy) is 2. The van der Waals surface area contributed by atoms with E-state index in [-0.39, 0.29) is 30.9 Å². The van der Waals surface area contributed by atoms with Gasteiger partial charge in [-0.2, -0.15) is 0 Å². The number of rotatable bonds is 11. The molecule has 4 nitrogen and oxygen atoms in total. The van der Waals surface area contributed by atoms with Crippen LogP contribution in [0, 0.1) is 0 Å². The molecule has 1 atom stereocenters. The van der Waals surface area contributed by atoms with Crippen molar-refractivity contribution in [3.8, 4) is 5.75 Å². The SMILES string of the molecule is CCCCCC(CC)OC(=O)CCCC(=O)Oc1cccc(Cl)c1. The van der Waals surface area contributed by atoms with E-state index in [9.17, 15) is 9.59 Å². The lowest BCUT2D eigenvalue weighted by molar-refractivity contribution is -0.149. The minimum absolute atomic E-state index is 0.0116. The molecule has 134 valence electrons. The van der Waals surface area contributed by atoms with Gasteiger partial charge in [0.2, 0.25) is 0 Å². The molecule has 24 heavy (non-hydrogen) atoms. The fourth-order valence-electron chi connectivity index (χ4n) is 2.30. The molecule has 0 aliphatic heterocycles. The third-order valence-electron chi connectivity index (χ3n) is 3.67. The van der Waals surface area contributed by atoms with Gasteiger partial charge in [-0.1, -0.05) is 44.4 Å². The highest BCUT2D eigenvalue weighted by Gasteiger charge is 2.13. The predicted octanol–water partition coefficient (Wildman–Crippen LogP) is 5.32. The van der Waals surface area contributed by atoms with Gasteiger partial charge in [-0.25, -0.2) is 0 Å². The summed E-state index contributed by atoms with van der Waals surface area (Å²) in [5.74, 6) is -0.203. The molecule has 0 aromatic heterocycles. The second-order valence-corrected chi connectivity index (χ2v) is 6.24. The number of unbranched alkanes of at least 4 members (excludes halogenated alkanes) is 2. The first kappa shape index (κ1) is 20.5. The molecule has 0 heterocycles. The summed E-state index contributed by atoms with van der Waals surface area (Å²) in [6.45, 7) is 4.17. The van der Waals surface area contributed by atoms with E-state index in [2.05, 4.69) is 6.92 Å². The van der Waals surface area contributed by atoms with Crippen molar-refractivity contribution in [3.63, 3.8) is 0 Å². The van der Waals surface area contributed by atoms with Gasteiger partial charge in [0.1, 0.15) is 11.9 Å². The molecule has 1 unspecified atom stereocenters. The summed E-state index contributed by atoms with van der Waals surface area (Å²) < 4.78 is 10.6. The molecule has 0 radical (unpaired) electrons. The van der Waals surface area contributed by atoms with Crippen LogP contribution < -0.4 is 4.74 Å². The van der Waals surface area contributed by atoms with Gasteiger partial charge in [0.05, 0.1) is 0 Å². The highest BCUT2D eigenvalue weighted by atomic mass is 35.5. The van der Waals surface area contributed by atoms with Crippen LogP contribution in [0.15, 0.2) is 24.3 Å². The fourth-order valence-corrected chi connectivity index (χ4v) is 2.48. The quantitative estimate of drug-likeness (QED) is 0.306. The van der Waals surface area contributed by atoms with Crippen molar-refractivity contribution in [3.05, 3.63) is 29.3 Å². The molecule has 1 rings (SSSR count). The molecule has 0 aliphatic rings. The van der Waals surface area contributed by atoms with Crippen molar-refractivity contribution in [2.24, 2.45) is 0 Å². The van der Waals surface area contributed by atoms with Gasteiger partial charge in [0.25, 0.3) is 0 Å². The molecule has 0 amide bonds. The van der Waals surface area contributed by atoms with Crippen molar-refractivity contribution < 1.29 is 19.1 Å². The number of halogens is 1. The third kappa shape index (κ3) is 8.92. The van der Waals surface area contributed by atoms with Crippen LogP contribution in [0.2, 0.25) is 5.02 Å². The van der Waals surface area contributed by atoms with E-state index in [1.54, 1.807) is 24.3 Å². The molecule has 5 heteroatoms. The molecule has 1 aromatic rings. The predicted molar refractivity (Wildman–Crippen MR) is 95.3 cm³/mol. The van der Waals surface area contributed by atoms with Crippen LogP contribution in [0.4, 0.5) is 0 Å². The van der Waals surface area contributed by atoms with E-state index in [0.29, 0.717) is 17.2 Å². The normalized spacial score (nSPS) is 11.8. The van der Waals surface area contributed by atoms with Crippen molar-refractivity contribution in [2.75, 3.05) is 0 Å². The Kier molecular flexibility index (Phi) is 10.2. The average molecular weight is 355 g/mol. The molecular weight excluding hydrogens is 328 g/mol. The van der Waals surface area contributed by atoms with Crippen LogP contribution in [-0.2, 0) is 14.3 Å². The van der Waals surface area contributed by atoms with Gasteiger partial charge in [0.15, 0.2) is 0 Å². The van der Waals surface area contributed by atoms with Gasteiger partial charge in [-0.15, -0.1) is 0 Å². The van der Waals surface area contributed by atoms with Gasteiger partial charge in [-0.05, 0) is 43.9 Å². The number of carbonyl (C=O) groups is 2. The zero-order chi connectivity index (χ0) is 17.8. The van der Waals surface area contributed by atoms with E-state index >= 15 is 0 Å². The molecule has 0 saturated heterocycles. The zero-order valence-electron chi connectivity index (χ0n) is 14.6. The fraction of sp³-hybridized carbons (Fsp3) is 0.579. The second kappa shape index (κ2) is 11.9. The van der Waals surface area contributed by atoms with Crippen molar-refractivity contribution >= 4 is 23.5 Å². The first-order chi connectivity index (χ1) is 11.5. The lowest BCUT2D eigenvalue weighted by Crippen LogP contribution is -2.18. The van der Waals surface area contributed by atoms with E-state index in [1.165, 1.54) is 0 Å². The highest BCUT2D eigenvalue weighted by Crippen LogP contribution is 2.18. The summed E-state index contributed by atoms with van der Waals surface area (Å²) in [5, 5.41) is 0.512. The second-order valence-electron chi connectivity index (χ2n) is 5.80. The Morgan fingerprint density at radius 2 is 1.83 bits per heavy atom. The number of hydrogen-bond donors (Lipinski definition) is 0. The van der Waals surface area contributed by atoms with Gasteiger partial charge < -0.3 is 9.47 Å². The summed E-state index contributed by atoms with van der Waals surface area (Å²) in [4.78, 5) is 23.6. The third-order valence-corrected chi connectivity index (χ3v) is 3.91. The molecule has 0 fully saturated rings. The zero-order valence-corrected chi connectivity index (χ0v) is 15.3. The van der Waals surface area contributed by atoms with Gasteiger partial charge in [-0.3, -0.25) is 9.59 Å². The summed E-state index contributed by atoms with van der Waals surface area (Å²) in [5.41, 5.74) is 0. The van der Waals surface area contributed by atoms with Crippen LogP contribution >= 0.6 is 11.6 Å². The van der Waals surface area contributed by atoms with Crippen LogP contribution in [0.3, 0.4) is 0 Å². The summed E-state index contributed by atoms with van der Waals surface area (Å²) >= 11 is 5.83. The van der Waals surface area contributed by atoms with E-state index < -0.39 is 0 Å². The Labute approximate surface area is 149 Å². The Morgan fingerprint density at radius 1 is 1.08 bits per heavy atom. The van der Waals surface area contributed by atoms with Crippen LogP contribution in [0.5, 0.6) is 5.75 Å². The maximum absolute atomic E-state index is 11.8. The van der Waals surface area contributed by atoms with Crippen LogP contribution in [0.25, 0.3) is 0 Å². The Hall–Kier alpha value is -1.55. The largest absolute Gasteiger partial charge is 0.462 e. The Morgan fingerprint density at radius 3 is 2.50 bits per heavy atom. The summed E-state index contributed by atoms with van der Waals surface area (Å²) in [7, 11) is 0. The Bertz CT molecular complexity index is 516. The van der Waals surface area contributed by atoms with Crippen LogP contribution in [0.1, 0.15) is 65.2 Å². The number of hydrogen-bond acceptors (Lipinski definition) is 4. The number of benzene rings is 1. The molecular formula is C19H27ClO4. The molecule has 0 aliphatic carbocycles. The molecule has 1 aromatic carbocycles. The van der Waals surface area contributed by atoms with Crippen molar-refractivity contribution in [1.82, 2.24) is 0 Å². The molecule has 0 saturated carbocycles. The molecule has 0 spiro atoms. The minimum Gasteiger partial charge on any atom is -0.462 e.